The number of hydrogen-bond acceptors (Lipinski definition) is 6. The molecule has 0 radical (unpaired) electrons. The highest BCUT2D eigenvalue weighted by atomic mass is 16.6. The molecule has 1 atom stereocenters. The van der Waals surface area contributed by atoms with E-state index in [1.54, 1.807) is 38.8 Å². The molecule has 0 aliphatic carbocycles. The summed E-state index contributed by atoms with van der Waals surface area (Å²) >= 11 is 0. The van der Waals surface area contributed by atoms with Crippen molar-refractivity contribution in [1.82, 2.24) is 10.2 Å². The second kappa shape index (κ2) is 8.24. The molecule has 1 fully saturated rings. The number of anilines is 1. The average Bonchev–Trinajstić information content (AvgIpc) is 2.59. The van der Waals surface area contributed by atoms with Gasteiger partial charge in [0, 0.05) is 37.8 Å². The Morgan fingerprint density at radius 2 is 2.04 bits per heavy atom. The molecule has 2 N–H and O–H groups in total. The van der Waals surface area contributed by atoms with Crippen molar-refractivity contribution in [3.05, 3.63) is 33.9 Å². The van der Waals surface area contributed by atoms with Gasteiger partial charge in [-0.25, -0.2) is 4.79 Å². The number of nitro benzene ring substituents is 1. The maximum absolute atomic E-state index is 12.8. The third-order valence-corrected chi connectivity index (χ3v) is 4.14. The number of likely N-dealkylation sites (tertiary alicyclic amines) is 1. The molecule has 2 amide bonds. The van der Waals surface area contributed by atoms with Crippen molar-refractivity contribution in [3.63, 3.8) is 0 Å². The van der Waals surface area contributed by atoms with Gasteiger partial charge in [0.2, 0.25) is 0 Å². The molecule has 9 nitrogen and oxygen atoms in total. The quantitative estimate of drug-likeness (QED) is 0.615. The number of ether oxygens (including phenoxy) is 1. The third kappa shape index (κ3) is 5.57. The van der Waals surface area contributed by atoms with E-state index in [1.807, 2.05) is 0 Å². The number of rotatable bonds is 4. The van der Waals surface area contributed by atoms with Crippen molar-refractivity contribution in [1.29, 1.82) is 0 Å². The van der Waals surface area contributed by atoms with Gasteiger partial charge in [0.1, 0.15) is 11.3 Å². The molecular weight excluding hydrogens is 352 g/mol. The molecule has 0 aromatic heterocycles. The van der Waals surface area contributed by atoms with Gasteiger partial charge in [-0.2, -0.15) is 0 Å². The average molecular weight is 378 g/mol. The molecule has 148 valence electrons. The van der Waals surface area contributed by atoms with Crippen LogP contribution < -0.4 is 10.6 Å². The van der Waals surface area contributed by atoms with Gasteiger partial charge in [0.25, 0.3) is 11.6 Å². The summed E-state index contributed by atoms with van der Waals surface area (Å²) in [6, 6.07) is 4.14. The number of amides is 2. The summed E-state index contributed by atoms with van der Waals surface area (Å²) < 4.78 is 5.25. The molecule has 0 unspecified atom stereocenters. The molecule has 0 saturated carbocycles. The van der Waals surface area contributed by atoms with E-state index >= 15 is 0 Å². The van der Waals surface area contributed by atoms with Gasteiger partial charge in [0.05, 0.1) is 4.92 Å². The first-order valence-electron chi connectivity index (χ1n) is 8.85. The Hall–Kier alpha value is -2.84. The summed E-state index contributed by atoms with van der Waals surface area (Å²) in [6.07, 6.45) is 0.945. The minimum absolute atomic E-state index is 0.149. The first kappa shape index (κ1) is 20.5. The van der Waals surface area contributed by atoms with E-state index in [-0.39, 0.29) is 23.2 Å². The number of benzene rings is 1. The van der Waals surface area contributed by atoms with Crippen LogP contribution in [0.5, 0.6) is 0 Å². The molecule has 1 heterocycles. The fourth-order valence-electron chi connectivity index (χ4n) is 2.96. The normalized spacial score (nSPS) is 17.2. The van der Waals surface area contributed by atoms with E-state index in [4.69, 9.17) is 4.74 Å². The molecule has 0 spiro atoms. The van der Waals surface area contributed by atoms with Crippen molar-refractivity contribution in [2.24, 2.45) is 0 Å². The van der Waals surface area contributed by atoms with Crippen molar-refractivity contribution in [2.45, 2.75) is 45.3 Å². The highest BCUT2D eigenvalue weighted by Crippen LogP contribution is 2.26. The minimum Gasteiger partial charge on any atom is -0.444 e. The first-order valence-corrected chi connectivity index (χ1v) is 8.85. The zero-order valence-corrected chi connectivity index (χ0v) is 16.1. The zero-order chi connectivity index (χ0) is 20.2. The van der Waals surface area contributed by atoms with Gasteiger partial charge < -0.3 is 20.3 Å². The lowest BCUT2D eigenvalue weighted by Gasteiger charge is -2.33. The molecule has 1 aromatic rings. The molecule has 0 bridgehead atoms. The number of nitrogens with one attached hydrogen (secondary N) is 2. The maximum Gasteiger partial charge on any atom is 0.407 e. The standard InChI is InChI=1S/C18H26N4O5/c1-18(2,3)27-17(24)20-13-6-5-9-21(11-13)16(23)12-7-8-14(19-4)15(10-12)22(25)26/h7-8,10,13,19H,5-6,9,11H2,1-4H3,(H,20,24)/t13-/m0/s1. The second-order valence-electron chi connectivity index (χ2n) is 7.48. The SMILES string of the molecule is CNc1ccc(C(=O)N2CCC[C@H](NC(=O)OC(C)(C)C)C2)cc1[N+](=O)[O-]. The van der Waals surface area contributed by atoms with Crippen LogP contribution >= 0.6 is 0 Å². The lowest BCUT2D eigenvalue weighted by atomic mass is 10.0. The van der Waals surface area contributed by atoms with E-state index in [9.17, 15) is 19.7 Å². The summed E-state index contributed by atoms with van der Waals surface area (Å²) in [7, 11) is 1.58. The fourth-order valence-corrected chi connectivity index (χ4v) is 2.96. The Morgan fingerprint density at radius 1 is 1.33 bits per heavy atom. The Balaban J connectivity index is 2.07. The number of piperidine rings is 1. The van der Waals surface area contributed by atoms with E-state index in [0.29, 0.717) is 18.8 Å². The summed E-state index contributed by atoms with van der Waals surface area (Å²) in [5.41, 5.74) is -0.149. The van der Waals surface area contributed by atoms with Crippen LogP contribution in [0.2, 0.25) is 0 Å². The molecule has 9 heteroatoms. The lowest BCUT2D eigenvalue weighted by molar-refractivity contribution is -0.384. The number of hydrogen-bond donors (Lipinski definition) is 2. The molecule has 1 aliphatic rings. The van der Waals surface area contributed by atoms with Gasteiger partial charge in [-0.1, -0.05) is 0 Å². The Kier molecular flexibility index (Phi) is 6.24. The Morgan fingerprint density at radius 3 is 2.63 bits per heavy atom. The van der Waals surface area contributed by atoms with Crippen LogP contribution in [-0.4, -0.2) is 53.6 Å². The molecule has 1 saturated heterocycles. The van der Waals surface area contributed by atoms with Crippen LogP contribution in [0.4, 0.5) is 16.2 Å². The van der Waals surface area contributed by atoms with E-state index < -0.39 is 16.6 Å². The highest BCUT2D eigenvalue weighted by Gasteiger charge is 2.28. The first-order chi connectivity index (χ1) is 12.6. The van der Waals surface area contributed by atoms with E-state index in [2.05, 4.69) is 10.6 Å². The van der Waals surface area contributed by atoms with Crippen LogP contribution in [0, 0.1) is 10.1 Å². The van der Waals surface area contributed by atoms with Crippen molar-refractivity contribution in [2.75, 3.05) is 25.5 Å². The molecular formula is C18H26N4O5. The van der Waals surface area contributed by atoms with Gasteiger partial charge in [-0.15, -0.1) is 0 Å². The minimum atomic E-state index is -0.595. The van der Waals surface area contributed by atoms with Crippen molar-refractivity contribution < 1.29 is 19.2 Å². The Labute approximate surface area is 158 Å². The third-order valence-electron chi connectivity index (χ3n) is 4.14. The molecule has 2 rings (SSSR count). The van der Waals surface area contributed by atoms with Gasteiger partial charge in [0.15, 0.2) is 0 Å². The predicted molar refractivity (Wildman–Crippen MR) is 101 cm³/mol. The Bertz CT molecular complexity index is 729. The largest absolute Gasteiger partial charge is 0.444 e. The number of nitrogens with zero attached hydrogens (tertiary/aromatic N) is 2. The van der Waals surface area contributed by atoms with Crippen LogP contribution in [0.15, 0.2) is 18.2 Å². The number of nitro groups is 1. The molecule has 27 heavy (non-hydrogen) atoms. The summed E-state index contributed by atoms with van der Waals surface area (Å²) in [5, 5.41) is 16.7. The number of carbonyl (C=O) groups is 2. The summed E-state index contributed by atoms with van der Waals surface area (Å²) in [4.78, 5) is 37.0. The van der Waals surface area contributed by atoms with Gasteiger partial charge in [-0.3, -0.25) is 14.9 Å². The van der Waals surface area contributed by atoms with Crippen LogP contribution in [0.25, 0.3) is 0 Å². The smallest absolute Gasteiger partial charge is 0.407 e. The van der Waals surface area contributed by atoms with E-state index in [0.717, 1.165) is 12.8 Å². The predicted octanol–water partition coefficient (Wildman–Crippen LogP) is 2.77. The van der Waals surface area contributed by atoms with Crippen LogP contribution in [0.1, 0.15) is 44.0 Å². The fraction of sp³-hybridized carbons (Fsp3) is 0.556. The molecule has 1 aliphatic heterocycles. The van der Waals surface area contributed by atoms with Crippen molar-refractivity contribution in [3.8, 4) is 0 Å². The van der Waals surface area contributed by atoms with Gasteiger partial charge >= 0.3 is 6.09 Å². The zero-order valence-electron chi connectivity index (χ0n) is 16.1. The van der Waals surface area contributed by atoms with E-state index in [1.165, 1.54) is 12.1 Å². The second-order valence-corrected chi connectivity index (χ2v) is 7.48. The highest BCUT2D eigenvalue weighted by molar-refractivity contribution is 5.96. The van der Waals surface area contributed by atoms with Gasteiger partial charge in [-0.05, 0) is 45.7 Å². The van der Waals surface area contributed by atoms with Crippen molar-refractivity contribution >= 4 is 23.4 Å². The van der Waals surface area contributed by atoms with Crippen LogP contribution in [0.3, 0.4) is 0 Å². The number of carbonyl (C=O) groups excluding carboxylic acids is 2. The monoisotopic (exact) mass is 378 g/mol. The molecule has 1 aromatic carbocycles. The number of alkyl carbamates (subject to hydrolysis) is 1. The summed E-state index contributed by atoms with van der Waals surface area (Å²) in [6.45, 7) is 6.22. The maximum atomic E-state index is 12.8. The van der Waals surface area contributed by atoms with Crippen LogP contribution in [-0.2, 0) is 4.74 Å². The topological polar surface area (TPSA) is 114 Å². The lowest BCUT2D eigenvalue weighted by Crippen LogP contribution is -2.50. The summed E-state index contributed by atoms with van der Waals surface area (Å²) in [5.74, 6) is -0.295.